The van der Waals surface area contributed by atoms with Crippen molar-refractivity contribution >= 4 is 15.9 Å². The summed E-state index contributed by atoms with van der Waals surface area (Å²) in [5, 5.41) is 13.4. The molecule has 1 heterocycles. The molecule has 1 saturated heterocycles. The van der Waals surface area contributed by atoms with E-state index in [1.807, 2.05) is 12.1 Å². The highest BCUT2D eigenvalue weighted by Crippen LogP contribution is 2.33. The van der Waals surface area contributed by atoms with Crippen molar-refractivity contribution in [1.29, 1.82) is 0 Å². The van der Waals surface area contributed by atoms with Crippen LogP contribution in [0.3, 0.4) is 0 Å². The van der Waals surface area contributed by atoms with Crippen molar-refractivity contribution in [3.8, 4) is 0 Å². The Morgan fingerprint density at radius 2 is 2.11 bits per heavy atom. The first-order chi connectivity index (χ1) is 8.73. The van der Waals surface area contributed by atoms with Crippen LogP contribution in [-0.4, -0.2) is 42.8 Å². The van der Waals surface area contributed by atoms with Gasteiger partial charge in [0, 0.05) is 30.7 Å². The highest BCUT2D eigenvalue weighted by atomic mass is 79.9. The van der Waals surface area contributed by atoms with Gasteiger partial charge in [-0.2, -0.15) is 0 Å². The summed E-state index contributed by atoms with van der Waals surface area (Å²) in [4.78, 5) is 2.41. The van der Waals surface area contributed by atoms with Gasteiger partial charge in [0.1, 0.15) is 0 Å². The molecule has 2 N–H and O–H groups in total. The number of nitrogens with one attached hydrogen (secondary N) is 1. The summed E-state index contributed by atoms with van der Waals surface area (Å²) in [7, 11) is 0. The zero-order chi connectivity index (χ0) is 13.0. The number of aliphatic hydroxyl groups is 1. The summed E-state index contributed by atoms with van der Waals surface area (Å²) in [5.41, 5.74) is 0.954. The maximum absolute atomic E-state index is 10.00. The maximum atomic E-state index is 10.00. The summed E-state index contributed by atoms with van der Waals surface area (Å²) in [6.45, 7) is 6.28. The Hall–Kier alpha value is -0.420. The molecule has 0 amide bonds. The van der Waals surface area contributed by atoms with Gasteiger partial charge in [-0.15, -0.1) is 0 Å². The van der Waals surface area contributed by atoms with E-state index in [4.69, 9.17) is 0 Å². The van der Waals surface area contributed by atoms with E-state index in [1.54, 1.807) is 0 Å². The molecule has 1 atom stereocenters. The van der Waals surface area contributed by atoms with Crippen LogP contribution in [0.4, 0.5) is 0 Å². The van der Waals surface area contributed by atoms with Crippen LogP contribution >= 0.6 is 15.9 Å². The molecule has 1 aliphatic rings. The fourth-order valence-corrected chi connectivity index (χ4v) is 3.18. The van der Waals surface area contributed by atoms with Gasteiger partial charge >= 0.3 is 0 Å². The van der Waals surface area contributed by atoms with Crippen LogP contribution in [0.15, 0.2) is 28.7 Å². The molecule has 4 heteroatoms. The highest BCUT2D eigenvalue weighted by Gasteiger charge is 2.36. The number of piperazine rings is 1. The van der Waals surface area contributed by atoms with Gasteiger partial charge in [0.25, 0.3) is 0 Å². The van der Waals surface area contributed by atoms with Crippen molar-refractivity contribution in [2.75, 3.05) is 32.8 Å². The zero-order valence-electron chi connectivity index (χ0n) is 10.8. The van der Waals surface area contributed by atoms with Crippen LogP contribution in [0.1, 0.15) is 18.9 Å². The number of halogens is 1. The maximum Gasteiger partial charge on any atom is 0.0692 e. The third-order valence-corrected chi connectivity index (χ3v) is 4.42. The lowest BCUT2D eigenvalue weighted by Crippen LogP contribution is -2.56. The Morgan fingerprint density at radius 1 is 1.39 bits per heavy atom. The van der Waals surface area contributed by atoms with Crippen molar-refractivity contribution < 1.29 is 5.11 Å². The zero-order valence-corrected chi connectivity index (χ0v) is 12.4. The van der Waals surface area contributed by atoms with Crippen LogP contribution in [0.25, 0.3) is 0 Å². The third-order valence-electron chi connectivity index (χ3n) is 3.93. The van der Waals surface area contributed by atoms with Crippen LogP contribution in [-0.2, 0) is 5.54 Å². The first-order valence-corrected chi connectivity index (χ1v) is 7.35. The summed E-state index contributed by atoms with van der Waals surface area (Å²) in [6, 6.07) is 8.31. The minimum Gasteiger partial charge on any atom is -0.394 e. The lowest BCUT2D eigenvalue weighted by atomic mass is 9.85. The number of aliphatic hydroxyl groups excluding tert-OH is 1. The SMILES string of the molecule is CCC(CO)(c1cccc(Br)c1)N1CCNCC1. The van der Waals surface area contributed by atoms with Gasteiger partial charge < -0.3 is 10.4 Å². The van der Waals surface area contributed by atoms with Gasteiger partial charge in [-0.1, -0.05) is 35.0 Å². The van der Waals surface area contributed by atoms with Gasteiger partial charge in [-0.25, -0.2) is 0 Å². The van der Waals surface area contributed by atoms with Crippen molar-refractivity contribution in [2.24, 2.45) is 0 Å². The predicted octanol–water partition coefficient (Wildman–Crippen LogP) is 1.95. The minimum atomic E-state index is -0.244. The van der Waals surface area contributed by atoms with Crippen molar-refractivity contribution in [3.63, 3.8) is 0 Å². The molecule has 2 rings (SSSR count). The molecule has 1 fully saturated rings. The Labute approximate surface area is 117 Å². The molecule has 1 aromatic carbocycles. The summed E-state index contributed by atoms with van der Waals surface area (Å²) in [5.74, 6) is 0. The van der Waals surface area contributed by atoms with Crippen molar-refractivity contribution in [3.05, 3.63) is 34.3 Å². The van der Waals surface area contributed by atoms with E-state index in [9.17, 15) is 5.11 Å². The Bertz CT molecular complexity index is 387. The quantitative estimate of drug-likeness (QED) is 0.892. The molecule has 0 saturated carbocycles. The molecule has 0 spiro atoms. The minimum absolute atomic E-state index is 0.167. The molecule has 0 bridgehead atoms. The second kappa shape index (κ2) is 6.15. The number of benzene rings is 1. The Balaban J connectivity index is 2.35. The first-order valence-electron chi connectivity index (χ1n) is 6.55. The fraction of sp³-hybridized carbons (Fsp3) is 0.571. The molecule has 0 radical (unpaired) electrons. The lowest BCUT2D eigenvalue weighted by molar-refractivity contribution is 0.0137. The predicted molar refractivity (Wildman–Crippen MR) is 77.6 cm³/mol. The second-order valence-electron chi connectivity index (χ2n) is 4.79. The van der Waals surface area contributed by atoms with E-state index in [0.29, 0.717) is 0 Å². The average molecular weight is 313 g/mol. The van der Waals surface area contributed by atoms with Crippen molar-refractivity contribution in [1.82, 2.24) is 10.2 Å². The third kappa shape index (κ3) is 2.62. The van der Waals surface area contributed by atoms with Gasteiger partial charge in [-0.3, -0.25) is 4.90 Å². The lowest BCUT2D eigenvalue weighted by Gasteiger charge is -2.45. The molecule has 1 unspecified atom stereocenters. The molecule has 0 aromatic heterocycles. The summed E-state index contributed by atoms with van der Waals surface area (Å²) >= 11 is 3.52. The first kappa shape index (κ1) is 14.0. The Morgan fingerprint density at radius 3 is 2.67 bits per heavy atom. The van der Waals surface area contributed by atoms with Gasteiger partial charge in [0.05, 0.1) is 12.1 Å². The highest BCUT2D eigenvalue weighted by molar-refractivity contribution is 9.10. The molecule has 18 heavy (non-hydrogen) atoms. The van der Waals surface area contributed by atoms with Crippen molar-refractivity contribution in [2.45, 2.75) is 18.9 Å². The Kier molecular flexibility index (Phi) is 4.78. The fourth-order valence-electron chi connectivity index (χ4n) is 2.78. The van der Waals surface area contributed by atoms with Crippen LogP contribution in [0.2, 0.25) is 0 Å². The van der Waals surface area contributed by atoms with E-state index >= 15 is 0 Å². The van der Waals surface area contributed by atoms with Crippen LogP contribution in [0.5, 0.6) is 0 Å². The van der Waals surface area contributed by atoms with Gasteiger partial charge in [-0.05, 0) is 24.1 Å². The monoisotopic (exact) mass is 312 g/mol. The van der Waals surface area contributed by atoms with Gasteiger partial charge in [0.2, 0.25) is 0 Å². The smallest absolute Gasteiger partial charge is 0.0692 e. The molecule has 100 valence electrons. The number of hydrogen-bond acceptors (Lipinski definition) is 3. The van der Waals surface area contributed by atoms with E-state index < -0.39 is 0 Å². The molecule has 1 aliphatic heterocycles. The van der Waals surface area contributed by atoms with E-state index in [1.165, 1.54) is 5.56 Å². The average Bonchev–Trinajstić information content (AvgIpc) is 2.42. The van der Waals surface area contributed by atoms with Gasteiger partial charge in [0.15, 0.2) is 0 Å². The largest absolute Gasteiger partial charge is 0.394 e. The normalized spacial score (nSPS) is 20.6. The molecular formula is C14H21BrN2O. The summed E-state index contributed by atoms with van der Waals surface area (Å²) in [6.07, 6.45) is 0.917. The van der Waals surface area contributed by atoms with E-state index in [-0.39, 0.29) is 12.1 Å². The molecular weight excluding hydrogens is 292 g/mol. The number of rotatable bonds is 4. The van der Waals surface area contributed by atoms with Crippen LogP contribution < -0.4 is 5.32 Å². The van der Waals surface area contributed by atoms with E-state index in [2.05, 4.69) is 45.2 Å². The van der Waals surface area contributed by atoms with Crippen LogP contribution in [0, 0.1) is 0 Å². The number of nitrogens with zero attached hydrogens (tertiary/aromatic N) is 1. The molecule has 1 aromatic rings. The summed E-state index contributed by atoms with van der Waals surface area (Å²) < 4.78 is 1.07. The topological polar surface area (TPSA) is 35.5 Å². The number of hydrogen-bond donors (Lipinski definition) is 2. The second-order valence-corrected chi connectivity index (χ2v) is 5.71. The van der Waals surface area contributed by atoms with E-state index in [0.717, 1.165) is 37.1 Å². The standard InChI is InChI=1S/C14H21BrN2O/c1-2-14(11-18,17-8-6-16-7-9-17)12-4-3-5-13(15)10-12/h3-5,10,16,18H,2,6-9,11H2,1H3. The molecule has 3 nitrogen and oxygen atoms in total. The molecule has 0 aliphatic carbocycles.